The smallest absolute Gasteiger partial charge is 0.408 e. The number of piperazine rings is 1. The van der Waals surface area contributed by atoms with Gasteiger partial charge < -0.3 is 19.7 Å². The summed E-state index contributed by atoms with van der Waals surface area (Å²) in [5.74, 6) is 1.33. The predicted molar refractivity (Wildman–Crippen MR) is 107 cm³/mol. The lowest BCUT2D eigenvalue weighted by Crippen LogP contribution is -2.50. The number of anilines is 1. The molecule has 0 aliphatic carbocycles. The SMILES string of the molecule is CC(C)(C)OC(=O)NCN1CCN(c2nsnc2OCc2ccncc2)CC1. The molecule has 9 nitrogen and oxygen atoms in total. The van der Waals surface area contributed by atoms with Gasteiger partial charge in [-0.1, -0.05) is 0 Å². The van der Waals surface area contributed by atoms with Gasteiger partial charge in [0.05, 0.1) is 18.4 Å². The van der Waals surface area contributed by atoms with Gasteiger partial charge in [0, 0.05) is 38.6 Å². The molecule has 1 amide bonds. The van der Waals surface area contributed by atoms with E-state index >= 15 is 0 Å². The standard InChI is InChI=1S/C18H26N6O3S/c1-18(2,3)27-17(25)20-13-23-8-10-24(11-9-23)15-16(22-28-21-15)26-12-14-4-6-19-7-5-14/h4-7H,8-13H2,1-3H3,(H,20,25). The fraction of sp³-hybridized carbons (Fsp3) is 0.556. The molecule has 0 atom stereocenters. The van der Waals surface area contributed by atoms with Crippen molar-refractivity contribution in [2.24, 2.45) is 0 Å². The topological polar surface area (TPSA) is 92.7 Å². The van der Waals surface area contributed by atoms with Crippen molar-refractivity contribution in [3.05, 3.63) is 30.1 Å². The van der Waals surface area contributed by atoms with Crippen LogP contribution in [0.15, 0.2) is 24.5 Å². The number of aromatic nitrogens is 3. The van der Waals surface area contributed by atoms with Crippen molar-refractivity contribution in [3.63, 3.8) is 0 Å². The number of ether oxygens (including phenoxy) is 2. The molecule has 10 heteroatoms. The zero-order valence-electron chi connectivity index (χ0n) is 16.4. The van der Waals surface area contributed by atoms with Crippen LogP contribution in [-0.2, 0) is 11.3 Å². The monoisotopic (exact) mass is 406 g/mol. The molecule has 1 aliphatic heterocycles. The molecule has 152 valence electrons. The van der Waals surface area contributed by atoms with E-state index in [9.17, 15) is 4.79 Å². The van der Waals surface area contributed by atoms with Crippen LogP contribution in [0.3, 0.4) is 0 Å². The van der Waals surface area contributed by atoms with Gasteiger partial charge in [-0.25, -0.2) is 4.79 Å². The molecule has 0 unspecified atom stereocenters. The predicted octanol–water partition coefficient (Wildman–Crippen LogP) is 2.12. The third-order valence-electron chi connectivity index (χ3n) is 4.08. The molecule has 0 aromatic carbocycles. The Morgan fingerprint density at radius 3 is 2.57 bits per heavy atom. The molecule has 3 heterocycles. The summed E-state index contributed by atoms with van der Waals surface area (Å²) >= 11 is 1.15. The first-order valence-electron chi connectivity index (χ1n) is 9.19. The van der Waals surface area contributed by atoms with Crippen molar-refractivity contribution in [1.82, 2.24) is 23.9 Å². The van der Waals surface area contributed by atoms with Crippen LogP contribution in [0.5, 0.6) is 5.88 Å². The van der Waals surface area contributed by atoms with E-state index in [2.05, 4.69) is 28.8 Å². The average Bonchev–Trinajstić information content (AvgIpc) is 3.13. The lowest BCUT2D eigenvalue weighted by Gasteiger charge is -2.34. The van der Waals surface area contributed by atoms with E-state index in [0.29, 0.717) is 19.2 Å². The summed E-state index contributed by atoms with van der Waals surface area (Å²) in [4.78, 5) is 20.1. The number of alkyl carbamates (subject to hydrolysis) is 1. The van der Waals surface area contributed by atoms with E-state index in [4.69, 9.17) is 9.47 Å². The second-order valence-electron chi connectivity index (χ2n) is 7.48. The molecule has 1 fully saturated rings. The Morgan fingerprint density at radius 2 is 1.89 bits per heavy atom. The summed E-state index contributed by atoms with van der Waals surface area (Å²) in [6, 6.07) is 3.83. The maximum absolute atomic E-state index is 11.8. The van der Waals surface area contributed by atoms with Gasteiger partial charge in [-0.05, 0) is 38.5 Å². The van der Waals surface area contributed by atoms with Crippen LogP contribution in [-0.4, -0.2) is 63.2 Å². The number of pyridine rings is 1. The van der Waals surface area contributed by atoms with E-state index in [0.717, 1.165) is 49.3 Å². The van der Waals surface area contributed by atoms with E-state index in [1.54, 1.807) is 12.4 Å². The normalized spacial score (nSPS) is 15.3. The number of rotatable bonds is 6. The molecule has 1 saturated heterocycles. The fourth-order valence-electron chi connectivity index (χ4n) is 2.70. The molecular weight excluding hydrogens is 380 g/mol. The summed E-state index contributed by atoms with van der Waals surface area (Å²) < 4.78 is 19.8. The van der Waals surface area contributed by atoms with Crippen molar-refractivity contribution in [3.8, 4) is 5.88 Å². The molecule has 1 N–H and O–H groups in total. The number of amides is 1. The van der Waals surface area contributed by atoms with Crippen LogP contribution in [0, 0.1) is 0 Å². The summed E-state index contributed by atoms with van der Waals surface area (Å²) in [5.41, 5.74) is 0.541. The quantitative estimate of drug-likeness (QED) is 0.780. The lowest BCUT2D eigenvalue weighted by atomic mass is 10.2. The Hall–Kier alpha value is -2.46. The largest absolute Gasteiger partial charge is 0.470 e. The van der Waals surface area contributed by atoms with Gasteiger partial charge in [-0.2, -0.15) is 4.37 Å². The Balaban J connectivity index is 1.45. The zero-order valence-corrected chi connectivity index (χ0v) is 17.2. The highest BCUT2D eigenvalue weighted by Crippen LogP contribution is 2.27. The molecule has 0 radical (unpaired) electrons. The second-order valence-corrected chi connectivity index (χ2v) is 8.01. The lowest BCUT2D eigenvalue weighted by molar-refractivity contribution is 0.0489. The van der Waals surface area contributed by atoms with Crippen LogP contribution in [0.25, 0.3) is 0 Å². The van der Waals surface area contributed by atoms with Crippen molar-refractivity contribution < 1.29 is 14.3 Å². The summed E-state index contributed by atoms with van der Waals surface area (Å²) in [7, 11) is 0. The van der Waals surface area contributed by atoms with Gasteiger partial charge in [0.1, 0.15) is 12.2 Å². The third-order valence-corrected chi connectivity index (χ3v) is 4.59. The summed E-state index contributed by atoms with van der Waals surface area (Å²) in [6.45, 7) is 9.61. The van der Waals surface area contributed by atoms with Crippen LogP contribution < -0.4 is 15.0 Å². The van der Waals surface area contributed by atoms with E-state index in [1.165, 1.54) is 0 Å². The Labute approximate surface area is 169 Å². The van der Waals surface area contributed by atoms with Crippen molar-refractivity contribution in [2.45, 2.75) is 33.0 Å². The Morgan fingerprint density at radius 1 is 1.18 bits per heavy atom. The van der Waals surface area contributed by atoms with Crippen molar-refractivity contribution in [2.75, 3.05) is 37.7 Å². The third kappa shape index (κ3) is 6.03. The first kappa shape index (κ1) is 20.3. The van der Waals surface area contributed by atoms with Crippen LogP contribution in [0.4, 0.5) is 10.6 Å². The van der Waals surface area contributed by atoms with Gasteiger partial charge in [0.2, 0.25) is 5.82 Å². The van der Waals surface area contributed by atoms with Crippen molar-refractivity contribution in [1.29, 1.82) is 0 Å². The zero-order chi connectivity index (χ0) is 20.0. The number of carbonyl (C=O) groups excluding carboxylic acids is 1. The van der Waals surface area contributed by atoms with Crippen LogP contribution >= 0.6 is 11.7 Å². The summed E-state index contributed by atoms with van der Waals surface area (Å²) in [6.07, 6.45) is 3.08. The maximum atomic E-state index is 11.8. The second kappa shape index (κ2) is 9.16. The minimum absolute atomic E-state index is 0.398. The van der Waals surface area contributed by atoms with E-state index in [1.807, 2.05) is 32.9 Å². The number of hydrogen-bond acceptors (Lipinski definition) is 9. The molecule has 0 bridgehead atoms. The maximum Gasteiger partial charge on any atom is 0.408 e. The molecule has 28 heavy (non-hydrogen) atoms. The number of hydrogen-bond donors (Lipinski definition) is 1. The van der Waals surface area contributed by atoms with Gasteiger partial charge in [0.25, 0.3) is 5.88 Å². The highest BCUT2D eigenvalue weighted by molar-refractivity contribution is 6.99. The van der Waals surface area contributed by atoms with Gasteiger partial charge in [0.15, 0.2) is 0 Å². The van der Waals surface area contributed by atoms with Gasteiger partial charge in [-0.3, -0.25) is 9.88 Å². The first-order valence-corrected chi connectivity index (χ1v) is 9.92. The van der Waals surface area contributed by atoms with Gasteiger partial charge in [-0.15, -0.1) is 4.37 Å². The van der Waals surface area contributed by atoms with Crippen LogP contribution in [0.2, 0.25) is 0 Å². The number of nitrogens with one attached hydrogen (secondary N) is 1. The first-order chi connectivity index (χ1) is 13.4. The minimum atomic E-state index is -0.493. The highest BCUT2D eigenvalue weighted by atomic mass is 32.1. The van der Waals surface area contributed by atoms with E-state index in [-0.39, 0.29) is 0 Å². The fourth-order valence-corrected chi connectivity index (χ4v) is 3.22. The van der Waals surface area contributed by atoms with E-state index < -0.39 is 11.7 Å². The average molecular weight is 407 g/mol. The highest BCUT2D eigenvalue weighted by Gasteiger charge is 2.24. The van der Waals surface area contributed by atoms with Gasteiger partial charge >= 0.3 is 6.09 Å². The molecule has 0 spiro atoms. The molecule has 2 aromatic heterocycles. The van der Waals surface area contributed by atoms with Crippen molar-refractivity contribution >= 4 is 23.6 Å². The Bertz CT molecular complexity index is 756. The number of carbonyl (C=O) groups is 1. The number of nitrogens with zero attached hydrogens (tertiary/aromatic N) is 5. The molecule has 2 aromatic rings. The molecule has 1 aliphatic rings. The summed E-state index contributed by atoms with van der Waals surface area (Å²) in [5, 5.41) is 2.80. The Kier molecular flexibility index (Phi) is 6.63. The molecule has 0 saturated carbocycles. The molecule has 3 rings (SSSR count). The molecular formula is C18H26N6O3S. The minimum Gasteiger partial charge on any atom is -0.470 e. The van der Waals surface area contributed by atoms with Crippen LogP contribution in [0.1, 0.15) is 26.3 Å².